The second-order valence-electron chi connectivity index (χ2n) is 5.08. The lowest BCUT2D eigenvalue weighted by Gasteiger charge is -2.30. The van der Waals surface area contributed by atoms with Crippen molar-refractivity contribution in [1.82, 2.24) is 15.0 Å². The number of para-hydroxylation sites is 2. The van der Waals surface area contributed by atoms with Crippen molar-refractivity contribution >= 4 is 46.8 Å². The molecule has 2 heterocycles. The minimum Gasteiger partial charge on any atom is -0.368 e. The third-order valence-electron chi connectivity index (χ3n) is 3.32. The first-order valence-electron chi connectivity index (χ1n) is 7.08. The van der Waals surface area contributed by atoms with E-state index in [2.05, 4.69) is 20.3 Å². The van der Waals surface area contributed by atoms with E-state index in [4.69, 9.17) is 11.5 Å². The van der Waals surface area contributed by atoms with E-state index < -0.39 is 5.25 Å². The summed E-state index contributed by atoms with van der Waals surface area (Å²) in [6, 6.07) is 7.13. The van der Waals surface area contributed by atoms with Crippen LogP contribution in [0.3, 0.4) is 0 Å². The van der Waals surface area contributed by atoms with Gasteiger partial charge in [-0.1, -0.05) is 23.9 Å². The quantitative estimate of drug-likeness (QED) is 0.683. The van der Waals surface area contributed by atoms with Gasteiger partial charge in [-0.15, -0.1) is 0 Å². The molecule has 9 nitrogen and oxygen atoms in total. The molecule has 0 saturated carbocycles. The largest absolute Gasteiger partial charge is 0.368 e. The van der Waals surface area contributed by atoms with Gasteiger partial charge in [-0.2, -0.15) is 15.0 Å². The van der Waals surface area contributed by atoms with Crippen LogP contribution in [0.2, 0.25) is 0 Å². The zero-order valence-corrected chi connectivity index (χ0v) is 13.6. The normalized spacial score (nSPS) is 14.7. The Balaban J connectivity index is 1.82. The molecule has 0 unspecified atom stereocenters. The van der Waals surface area contributed by atoms with Crippen LogP contribution in [0.25, 0.3) is 0 Å². The van der Waals surface area contributed by atoms with Crippen molar-refractivity contribution in [2.24, 2.45) is 0 Å². The van der Waals surface area contributed by atoms with Gasteiger partial charge in [0.1, 0.15) is 6.54 Å². The van der Waals surface area contributed by atoms with Gasteiger partial charge in [-0.3, -0.25) is 14.5 Å². The van der Waals surface area contributed by atoms with E-state index in [9.17, 15) is 9.59 Å². The molecule has 1 aromatic carbocycles. The molecule has 0 aliphatic carbocycles. The first-order chi connectivity index (χ1) is 11.4. The molecular formula is C14H15N7O2S. The van der Waals surface area contributed by atoms with Gasteiger partial charge in [0.05, 0.1) is 16.6 Å². The molecule has 1 atom stereocenters. The number of carbonyl (C=O) groups excluding carboxylic acids is 2. The molecule has 0 radical (unpaired) electrons. The van der Waals surface area contributed by atoms with Crippen molar-refractivity contribution in [1.29, 1.82) is 0 Å². The van der Waals surface area contributed by atoms with E-state index in [1.165, 1.54) is 4.90 Å². The summed E-state index contributed by atoms with van der Waals surface area (Å²) in [6.07, 6.45) is 0. The Morgan fingerprint density at radius 1 is 1.25 bits per heavy atom. The number of nitrogens with one attached hydrogen (secondary N) is 1. The van der Waals surface area contributed by atoms with Crippen LogP contribution < -0.4 is 21.7 Å². The summed E-state index contributed by atoms with van der Waals surface area (Å²) < 4.78 is 0. The Kier molecular flexibility index (Phi) is 4.21. The summed E-state index contributed by atoms with van der Waals surface area (Å²) in [6.45, 7) is 1.67. The predicted octanol–water partition coefficient (Wildman–Crippen LogP) is 0.502. The Labute approximate surface area is 141 Å². The Morgan fingerprint density at radius 2 is 1.92 bits per heavy atom. The molecular weight excluding hydrogens is 330 g/mol. The number of rotatable bonds is 3. The number of thioether (sulfide) groups is 1. The topological polar surface area (TPSA) is 140 Å². The third-order valence-corrected chi connectivity index (χ3v) is 4.26. The number of hydrogen-bond acceptors (Lipinski definition) is 8. The molecule has 2 amide bonds. The van der Waals surface area contributed by atoms with Crippen LogP contribution in [0.5, 0.6) is 0 Å². The number of amides is 2. The van der Waals surface area contributed by atoms with E-state index in [1.807, 2.05) is 6.07 Å². The Bertz CT molecular complexity index is 793. The van der Waals surface area contributed by atoms with E-state index in [0.717, 1.165) is 11.8 Å². The molecule has 24 heavy (non-hydrogen) atoms. The minimum atomic E-state index is -0.537. The number of anilines is 4. The van der Waals surface area contributed by atoms with Crippen molar-refractivity contribution in [3.8, 4) is 0 Å². The molecule has 1 aliphatic rings. The van der Waals surface area contributed by atoms with Crippen molar-refractivity contribution in [3.05, 3.63) is 24.3 Å². The van der Waals surface area contributed by atoms with Crippen molar-refractivity contribution in [2.45, 2.75) is 17.3 Å². The van der Waals surface area contributed by atoms with Gasteiger partial charge in [0.25, 0.3) is 0 Å². The van der Waals surface area contributed by atoms with Crippen LogP contribution >= 0.6 is 11.8 Å². The van der Waals surface area contributed by atoms with Crippen LogP contribution in [0.1, 0.15) is 6.92 Å². The molecule has 1 aromatic heterocycles. The molecule has 0 saturated heterocycles. The van der Waals surface area contributed by atoms with Crippen LogP contribution in [0, 0.1) is 0 Å². The maximum atomic E-state index is 12.8. The van der Waals surface area contributed by atoms with Gasteiger partial charge in [0.2, 0.25) is 23.7 Å². The van der Waals surface area contributed by atoms with Gasteiger partial charge in [0.15, 0.2) is 5.16 Å². The van der Waals surface area contributed by atoms with Gasteiger partial charge < -0.3 is 16.8 Å². The lowest BCUT2D eigenvalue weighted by atomic mass is 10.2. The number of hydrogen-bond donors (Lipinski definition) is 3. The summed E-state index contributed by atoms with van der Waals surface area (Å²) >= 11 is 1.10. The highest BCUT2D eigenvalue weighted by Crippen LogP contribution is 2.31. The zero-order chi connectivity index (χ0) is 17.3. The number of carbonyl (C=O) groups is 2. The van der Waals surface area contributed by atoms with Crippen LogP contribution in [-0.4, -0.2) is 38.6 Å². The lowest BCUT2D eigenvalue weighted by molar-refractivity contribution is -0.121. The third kappa shape index (κ3) is 3.23. The lowest BCUT2D eigenvalue weighted by Crippen LogP contribution is -2.45. The highest BCUT2D eigenvalue weighted by Gasteiger charge is 2.30. The summed E-state index contributed by atoms with van der Waals surface area (Å²) in [4.78, 5) is 37.6. The van der Waals surface area contributed by atoms with Crippen LogP contribution in [0.4, 0.5) is 23.3 Å². The van der Waals surface area contributed by atoms with E-state index in [-0.39, 0.29) is 35.4 Å². The maximum absolute atomic E-state index is 12.8. The molecule has 1 aliphatic heterocycles. The predicted molar refractivity (Wildman–Crippen MR) is 91.4 cm³/mol. The SMILES string of the molecule is C[C@H](Sc1nc(N)nc(N)n1)C(=O)N1CC(=O)Nc2ccccc21. The number of nitrogen functional groups attached to an aromatic ring is 2. The summed E-state index contributed by atoms with van der Waals surface area (Å²) in [7, 11) is 0. The fraction of sp³-hybridized carbons (Fsp3) is 0.214. The van der Waals surface area contributed by atoms with Crippen LogP contribution in [-0.2, 0) is 9.59 Å². The first kappa shape index (κ1) is 16.0. The summed E-state index contributed by atoms with van der Waals surface area (Å²) in [5.41, 5.74) is 12.3. The highest BCUT2D eigenvalue weighted by atomic mass is 32.2. The van der Waals surface area contributed by atoms with Gasteiger partial charge in [0, 0.05) is 0 Å². The molecule has 10 heteroatoms. The molecule has 124 valence electrons. The number of nitrogens with two attached hydrogens (primary N) is 2. The number of fused-ring (bicyclic) bond motifs is 1. The number of benzene rings is 1. The average molecular weight is 345 g/mol. The Hall–Kier alpha value is -2.88. The fourth-order valence-corrected chi connectivity index (χ4v) is 3.14. The Morgan fingerprint density at radius 3 is 2.62 bits per heavy atom. The molecule has 2 aromatic rings. The summed E-state index contributed by atoms with van der Waals surface area (Å²) in [5, 5.41) is 2.47. The average Bonchev–Trinajstić information content (AvgIpc) is 2.52. The summed E-state index contributed by atoms with van der Waals surface area (Å²) in [5.74, 6) is -0.493. The fourth-order valence-electron chi connectivity index (χ4n) is 2.30. The zero-order valence-electron chi connectivity index (χ0n) is 12.8. The van der Waals surface area contributed by atoms with Gasteiger partial charge in [-0.25, -0.2) is 0 Å². The van der Waals surface area contributed by atoms with E-state index in [1.54, 1.807) is 25.1 Å². The highest BCUT2D eigenvalue weighted by molar-refractivity contribution is 8.00. The van der Waals surface area contributed by atoms with Crippen molar-refractivity contribution in [2.75, 3.05) is 28.2 Å². The van der Waals surface area contributed by atoms with Crippen LogP contribution in [0.15, 0.2) is 29.4 Å². The first-order valence-corrected chi connectivity index (χ1v) is 7.96. The van der Waals surface area contributed by atoms with Crippen molar-refractivity contribution < 1.29 is 9.59 Å². The maximum Gasteiger partial charge on any atom is 0.244 e. The van der Waals surface area contributed by atoms with E-state index >= 15 is 0 Å². The standard InChI is InChI=1S/C14H15N7O2S/c1-7(24-14-19-12(15)18-13(16)20-14)11(23)21-6-10(22)17-8-4-2-3-5-9(8)21/h2-5,7H,6H2,1H3,(H,17,22)(H4,15,16,18,19,20)/t7-/m0/s1. The second kappa shape index (κ2) is 6.32. The minimum absolute atomic E-state index is 0.00709. The molecule has 0 fully saturated rings. The smallest absolute Gasteiger partial charge is 0.244 e. The molecule has 3 rings (SSSR count). The monoisotopic (exact) mass is 345 g/mol. The van der Waals surface area contributed by atoms with Crippen molar-refractivity contribution in [3.63, 3.8) is 0 Å². The second-order valence-corrected chi connectivity index (χ2v) is 6.39. The number of aromatic nitrogens is 3. The molecule has 0 spiro atoms. The molecule has 5 N–H and O–H groups in total. The molecule has 0 bridgehead atoms. The number of nitrogens with zero attached hydrogens (tertiary/aromatic N) is 4. The van der Waals surface area contributed by atoms with Gasteiger partial charge in [-0.05, 0) is 19.1 Å². The van der Waals surface area contributed by atoms with E-state index in [0.29, 0.717) is 11.4 Å². The van der Waals surface area contributed by atoms with Gasteiger partial charge >= 0.3 is 0 Å².